The lowest BCUT2D eigenvalue weighted by atomic mass is 10.4. The molecule has 0 saturated carbocycles. The van der Waals surface area contributed by atoms with Crippen molar-refractivity contribution in [2.45, 2.75) is 13.3 Å². The Labute approximate surface area is 72.7 Å². The summed E-state index contributed by atoms with van der Waals surface area (Å²) >= 11 is 0. The van der Waals surface area contributed by atoms with Crippen LogP contribution in [-0.4, -0.2) is 19.7 Å². The van der Waals surface area contributed by atoms with Gasteiger partial charge in [-0.15, -0.1) is 0 Å². The molecule has 0 unspecified atom stereocenters. The van der Waals surface area contributed by atoms with Gasteiger partial charge in [-0.1, -0.05) is 19.6 Å². The molecule has 0 aromatic rings. The van der Waals surface area contributed by atoms with Crippen LogP contribution < -0.4 is 0 Å². The first kappa shape index (κ1) is 10.8. The van der Waals surface area contributed by atoms with Crippen LogP contribution >= 0.6 is 0 Å². The average molecular weight is 170 g/mol. The van der Waals surface area contributed by atoms with Gasteiger partial charge in [-0.05, 0) is 12.5 Å². The highest BCUT2D eigenvalue weighted by Crippen LogP contribution is 2.01. The molecule has 0 aliphatic rings. The molecule has 0 aromatic heterocycles. The highest BCUT2D eigenvalue weighted by atomic mass is 16.6. The van der Waals surface area contributed by atoms with Crippen LogP contribution in [0.15, 0.2) is 24.5 Å². The molecule has 0 fully saturated rings. The molecule has 0 spiro atoms. The fourth-order valence-electron chi connectivity index (χ4n) is 0.636. The minimum atomic E-state index is -0.446. The maximum absolute atomic E-state index is 11.0. The van der Waals surface area contributed by atoms with Crippen LogP contribution in [0.25, 0.3) is 0 Å². The number of carbonyl (C=O) groups excluding carboxylic acids is 1. The Bertz CT molecular complexity index is 182. The number of allylic oxidation sites excluding steroid dienone is 1. The Hall–Kier alpha value is -1.25. The van der Waals surface area contributed by atoms with Gasteiger partial charge >= 0.3 is 5.97 Å². The molecule has 0 amide bonds. The third-order valence-corrected chi connectivity index (χ3v) is 1.13. The van der Waals surface area contributed by atoms with Crippen LogP contribution in [0.2, 0.25) is 0 Å². The molecular weight excluding hydrogens is 156 g/mol. The second kappa shape index (κ2) is 6.46. The third-order valence-electron chi connectivity index (χ3n) is 1.13. The van der Waals surface area contributed by atoms with E-state index in [1.807, 2.05) is 6.92 Å². The standard InChI is InChI=1S/C9H14O3/c1-4-6-8(9(10)11-3)12-7-5-2/h5-6H,2,4,7H2,1,3H3. The van der Waals surface area contributed by atoms with Crippen molar-refractivity contribution in [1.29, 1.82) is 0 Å². The van der Waals surface area contributed by atoms with Gasteiger partial charge in [0.25, 0.3) is 0 Å². The number of ether oxygens (including phenoxy) is 2. The maximum Gasteiger partial charge on any atom is 0.372 e. The molecule has 0 aliphatic carbocycles. The maximum atomic E-state index is 11.0. The smallest absolute Gasteiger partial charge is 0.372 e. The predicted octanol–water partition coefficient (Wildman–Crippen LogP) is 1.66. The van der Waals surface area contributed by atoms with Crippen LogP contribution in [-0.2, 0) is 14.3 Å². The van der Waals surface area contributed by atoms with Crippen molar-refractivity contribution in [3.63, 3.8) is 0 Å². The van der Waals surface area contributed by atoms with Crippen LogP contribution in [0.3, 0.4) is 0 Å². The van der Waals surface area contributed by atoms with Gasteiger partial charge in [0.05, 0.1) is 7.11 Å². The third kappa shape index (κ3) is 3.81. The van der Waals surface area contributed by atoms with Crippen LogP contribution in [0.4, 0.5) is 0 Å². The van der Waals surface area contributed by atoms with Crippen molar-refractivity contribution in [3.05, 3.63) is 24.5 Å². The number of hydrogen-bond donors (Lipinski definition) is 0. The van der Waals surface area contributed by atoms with E-state index >= 15 is 0 Å². The zero-order valence-corrected chi connectivity index (χ0v) is 7.50. The summed E-state index contributed by atoms with van der Waals surface area (Å²) in [5, 5.41) is 0. The number of hydrogen-bond acceptors (Lipinski definition) is 3. The lowest BCUT2D eigenvalue weighted by Crippen LogP contribution is -2.08. The SMILES string of the molecule is C=CCOC(=CCC)C(=O)OC. The van der Waals surface area contributed by atoms with Crippen LogP contribution in [0, 0.1) is 0 Å². The second-order valence-corrected chi connectivity index (χ2v) is 2.07. The normalized spacial score (nSPS) is 10.7. The van der Waals surface area contributed by atoms with Crippen molar-refractivity contribution in [2.24, 2.45) is 0 Å². The molecule has 0 saturated heterocycles. The van der Waals surface area contributed by atoms with E-state index in [0.717, 1.165) is 6.42 Å². The summed E-state index contributed by atoms with van der Waals surface area (Å²) in [5.74, 6) is -0.196. The Morgan fingerprint density at radius 3 is 2.67 bits per heavy atom. The van der Waals surface area contributed by atoms with E-state index in [-0.39, 0.29) is 5.76 Å². The minimum Gasteiger partial charge on any atom is -0.483 e. The van der Waals surface area contributed by atoms with Crippen molar-refractivity contribution in [1.82, 2.24) is 0 Å². The molecule has 0 aromatic carbocycles. The molecule has 12 heavy (non-hydrogen) atoms. The summed E-state index contributed by atoms with van der Waals surface area (Å²) < 4.78 is 9.55. The van der Waals surface area contributed by atoms with Gasteiger partial charge in [0.15, 0.2) is 0 Å². The largest absolute Gasteiger partial charge is 0.483 e. The van der Waals surface area contributed by atoms with Gasteiger partial charge in [-0.2, -0.15) is 0 Å². The Kier molecular flexibility index (Phi) is 5.79. The van der Waals surface area contributed by atoms with Gasteiger partial charge in [0.2, 0.25) is 5.76 Å². The molecule has 0 radical (unpaired) electrons. The Morgan fingerprint density at radius 1 is 1.58 bits per heavy atom. The number of methoxy groups -OCH3 is 1. The summed E-state index contributed by atoms with van der Waals surface area (Å²) in [6.45, 7) is 5.71. The molecule has 0 rings (SSSR count). The Morgan fingerprint density at radius 2 is 2.25 bits per heavy atom. The molecule has 0 N–H and O–H groups in total. The Balaban J connectivity index is 4.13. The van der Waals surface area contributed by atoms with E-state index in [1.165, 1.54) is 7.11 Å². The van der Waals surface area contributed by atoms with E-state index in [0.29, 0.717) is 6.61 Å². The first-order chi connectivity index (χ1) is 5.76. The van der Waals surface area contributed by atoms with Crippen molar-refractivity contribution < 1.29 is 14.3 Å². The summed E-state index contributed by atoms with van der Waals surface area (Å²) in [6, 6.07) is 0. The second-order valence-electron chi connectivity index (χ2n) is 2.07. The van der Waals surface area contributed by atoms with Crippen LogP contribution in [0.1, 0.15) is 13.3 Å². The highest BCUT2D eigenvalue weighted by molar-refractivity contribution is 5.86. The first-order valence-electron chi connectivity index (χ1n) is 3.78. The zero-order chi connectivity index (χ0) is 9.40. The van der Waals surface area contributed by atoms with Gasteiger partial charge in [0, 0.05) is 0 Å². The molecule has 3 heteroatoms. The van der Waals surface area contributed by atoms with E-state index in [4.69, 9.17) is 4.74 Å². The summed E-state index contributed by atoms with van der Waals surface area (Å²) in [6.07, 6.45) is 3.99. The highest BCUT2D eigenvalue weighted by Gasteiger charge is 2.08. The monoisotopic (exact) mass is 170 g/mol. The quantitative estimate of drug-likeness (QED) is 0.272. The van der Waals surface area contributed by atoms with Gasteiger partial charge in [-0.25, -0.2) is 4.79 Å². The summed E-state index contributed by atoms with van der Waals surface area (Å²) in [5.41, 5.74) is 0. The lowest BCUT2D eigenvalue weighted by Gasteiger charge is -2.05. The van der Waals surface area contributed by atoms with Gasteiger partial charge in [0.1, 0.15) is 6.61 Å². The van der Waals surface area contributed by atoms with E-state index in [2.05, 4.69) is 11.3 Å². The lowest BCUT2D eigenvalue weighted by molar-refractivity contribution is -0.139. The average Bonchev–Trinajstić information content (AvgIpc) is 2.11. The fraction of sp³-hybridized carbons (Fsp3) is 0.444. The number of esters is 1. The zero-order valence-electron chi connectivity index (χ0n) is 7.50. The van der Waals surface area contributed by atoms with Crippen molar-refractivity contribution in [2.75, 3.05) is 13.7 Å². The summed E-state index contributed by atoms with van der Waals surface area (Å²) in [7, 11) is 1.32. The van der Waals surface area contributed by atoms with Crippen LogP contribution in [0.5, 0.6) is 0 Å². The van der Waals surface area contributed by atoms with Crippen molar-refractivity contribution >= 4 is 5.97 Å². The van der Waals surface area contributed by atoms with Crippen molar-refractivity contribution in [3.8, 4) is 0 Å². The van der Waals surface area contributed by atoms with Gasteiger partial charge < -0.3 is 9.47 Å². The van der Waals surface area contributed by atoms with E-state index < -0.39 is 5.97 Å². The van der Waals surface area contributed by atoms with Gasteiger partial charge in [-0.3, -0.25) is 0 Å². The molecule has 68 valence electrons. The molecule has 0 bridgehead atoms. The topological polar surface area (TPSA) is 35.5 Å². The summed E-state index contributed by atoms with van der Waals surface area (Å²) in [4.78, 5) is 11.0. The molecular formula is C9H14O3. The van der Waals surface area contributed by atoms with E-state index in [1.54, 1.807) is 12.2 Å². The minimum absolute atomic E-state index is 0.250. The number of carbonyl (C=O) groups is 1. The molecule has 0 heterocycles. The predicted molar refractivity (Wildman–Crippen MR) is 46.5 cm³/mol. The number of rotatable bonds is 5. The molecule has 0 aliphatic heterocycles. The molecule has 3 nitrogen and oxygen atoms in total. The van der Waals surface area contributed by atoms with E-state index in [9.17, 15) is 4.79 Å². The fourth-order valence-corrected chi connectivity index (χ4v) is 0.636. The molecule has 0 atom stereocenters. The first-order valence-corrected chi connectivity index (χ1v) is 3.78.